The van der Waals surface area contributed by atoms with E-state index in [1.165, 1.54) is 17.1 Å². The average molecular weight is 320 g/mol. The van der Waals surface area contributed by atoms with Crippen molar-refractivity contribution in [2.45, 2.75) is 31.5 Å². The van der Waals surface area contributed by atoms with E-state index in [1.54, 1.807) is 6.20 Å². The Morgan fingerprint density at radius 1 is 1.39 bits per heavy atom. The summed E-state index contributed by atoms with van der Waals surface area (Å²) in [5.74, 6) is 0. The zero-order valence-corrected chi connectivity index (χ0v) is 12.7. The SMILES string of the molecule is O=[N+]([O-])c1cnn(CC(O)CN2CCC(n3ccnc3)CC2)c1. The first-order valence-corrected chi connectivity index (χ1v) is 7.66. The lowest BCUT2D eigenvalue weighted by atomic mass is 10.0. The number of piperidine rings is 1. The molecule has 0 spiro atoms. The van der Waals surface area contributed by atoms with E-state index in [4.69, 9.17) is 0 Å². The molecule has 1 fully saturated rings. The van der Waals surface area contributed by atoms with Crippen molar-refractivity contribution < 1.29 is 10.0 Å². The quantitative estimate of drug-likeness (QED) is 0.620. The van der Waals surface area contributed by atoms with Gasteiger partial charge in [0.15, 0.2) is 0 Å². The molecule has 0 aliphatic carbocycles. The Morgan fingerprint density at radius 3 is 2.78 bits per heavy atom. The number of likely N-dealkylation sites (tertiary alicyclic amines) is 1. The molecule has 0 amide bonds. The average Bonchev–Trinajstić information content (AvgIpc) is 3.19. The van der Waals surface area contributed by atoms with Crippen LogP contribution in [0.4, 0.5) is 5.69 Å². The Labute approximate surface area is 133 Å². The van der Waals surface area contributed by atoms with E-state index in [-0.39, 0.29) is 12.2 Å². The van der Waals surface area contributed by atoms with Crippen LogP contribution in [0.5, 0.6) is 0 Å². The van der Waals surface area contributed by atoms with Crippen molar-refractivity contribution in [1.82, 2.24) is 24.2 Å². The maximum atomic E-state index is 10.6. The van der Waals surface area contributed by atoms with Crippen molar-refractivity contribution in [2.24, 2.45) is 0 Å². The smallest absolute Gasteiger partial charge is 0.306 e. The molecule has 2 aromatic heterocycles. The molecule has 0 aromatic carbocycles. The van der Waals surface area contributed by atoms with Crippen molar-refractivity contribution in [3.63, 3.8) is 0 Å². The zero-order chi connectivity index (χ0) is 16.2. The second-order valence-electron chi connectivity index (χ2n) is 5.87. The largest absolute Gasteiger partial charge is 0.390 e. The molecule has 1 aliphatic rings. The predicted octanol–water partition coefficient (Wildman–Crippen LogP) is 0.686. The predicted molar refractivity (Wildman–Crippen MR) is 81.8 cm³/mol. The molecule has 1 saturated heterocycles. The van der Waals surface area contributed by atoms with E-state index < -0.39 is 11.0 Å². The highest BCUT2D eigenvalue weighted by atomic mass is 16.6. The Balaban J connectivity index is 1.45. The van der Waals surface area contributed by atoms with Gasteiger partial charge in [-0.25, -0.2) is 4.98 Å². The zero-order valence-electron chi connectivity index (χ0n) is 12.7. The van der Waals surface area contributed by atoms with E-state index in [9.17, 15) is 15.2 Å². The molecule has 3 heterocycles. The summed E-state index contributed by atoms with van der Waals surface area (Å²) in [6.07, 6.45) is 9.61. The van der Waals surface area contributed by atoms with Gasteiger partial charge in [0, 0.05) is 38.1 Å². The van der Waals surface area contributed by atoms with Crippen LogP contribution in [-0.2, 0) is 6.54 Å². The third kappa shape index (κ3) is 3.93. The molecule has 9 nitrogen and oxygen atoms in total. The monoisotopic (exact) mass is 320 g/mol. The summed E-state index contributed by atoms with van der Waals surface area (Å²) in [6.45, 7) is 2.64. The van der Waals surface area contributed by atoms with E-state index in [2.05, 4.69) is 19.5 Å². The number of aromatic nitrogens is 4. The summed E-state index contributed by atoms with van der Waals surface area (Å²) in [5, 5.41) is 24.7. The Bertz CT molecular complexity index is 633. The summed E-state index contributed by atoms with van der Waals surface area (Å²) in [5.41, 5.74) is -0.0571. The van der Waals surface area contributed by atoms with Crippen LogP contribution in [-0.4, -0.2) is 60.0 Å². The highest BCUT2D eigenvalue weighted by Crippen LogP contribution is 2.22. The molecule has 1 N–H and O–H groups in total. The molecule has 0 saturated carbocycles. The van der Waals surface area contributed by atoms with Gasteiger partial charge in [0.25, 0.3) is 0 Å². The maximum Gasteiger partial charge on any atom is 0.306 e. The van der Waals surface area contributed by atoms with Gasteiger partial charge in [-0.2, -0.15) is 5.10 Å². The molecule has 1 aliphatic heterocycles. The first-order chi connectivity index (χ1) is 11.1. The Kier molecular flexibility index (Phi) is 4.68. The van der Waals surface area contributed by atoms with Crippen LogP contribution in [0.1, 0.15) is 18.9 Å². The lowest BCUT2D eigenvalue weighted by molar-refractivity contribution is -0.385. The van der Waals surface area contributed by atoms with Gasteiger partial charge in [-0.05, 0) is 12.8 Å². The minimum atomic E-state index is -0.598. The van der Waals surface area contributed by atoms with E-state index in [0.29, 0.717) is 12.6 Å². The summed E-state index contributed by atoms with van der Waals surface area (Å²) in [6, 6.07) is 0.472. The number of aliphatic hydroxyl groups is 1. The molecule has 0 radical (unpaired) electrons. The Hall–Kier alpha value is -2.26. The number of imidazole rings is 1. The fourth-order valence-electron chi connectivity index (χ4n) is 3.00. The number of rotatable bonds is 6. The molecular formula is C14H20N6O3. The first kappa shape index (κ1) is 15.6. The van der Waals surface area contributed by atoms with Crippen LogP contribution in [0.15, 0.2) is 31.1 Å². The highest BCUT2D eigenvalue weighted by molar-refractivity contribution is 5.20. The maximum absolute atomic E-state index is 10.6. The third-order valence-electron chi connectivity index (χ3n) is 4.20. The second kappa shape index (κ2) is 6.88. The molecular weight excluding hydrogens is 300 g/mol. The van der Waals surface area contributed by atoms with Gasteiger partial charge >= 0.3 is 5.69 Å². The van der Waals surface area contributed by atoms with Crippen molar-refractivity contribution in [1.29, 1.82) is 0 Å². The van der Waals surface area contributed by atoms with Crippen molar-refractivity contribution in [3.8, 4) is 0 Å². The van der Waals surface area contributed by atoms with E-state index >= 15 is 0 Å². The lowest BCUT2D eigenvalue weighted by Gasteiger charge is -2.33. The normalized spacial score (nSPS) is 18.1. The summed E-state index contributed by atoms with van der Waals surface area (Å²) >= 11 is 0. The van der Waals surface area contributed by atoms with Gasteiger partial charge in [-0.1, -0.05) is 0 Å². The van der Waals surface area contributed by atoms with Gasteiger partial charge in [-0.3, -0.25) is 14.8 Å². The molecule has 3 rings (SSSR count). The van der Waals surface area contributed by atoms with Crippen LogP contribution in [0.25, 0.3) is 0 Å². The first-order valence-electron chi connectivity index (χ1n) is 7.66. The van der Waals surface area contributed by atoms with Gasteiger partial charge in [-0.15, -0.1) is 0 Å². The standard InChI is InChI=1S/C14H20N6O3/c21-14(10-19-8-13(7-16-19)20(22)23)9-17-4-1-12(2-5-17)18-6-3-15-11-18/h3,6-8,11-12,14,21H,1-2,4-5,9-10H2. The van der Waals surface area contributed by atoms with Crippen LogP contribution < -0.4 is 0 Å². The topological polar surface area (TPSA) is 102 Å². The molecule has 124 valence electrons. The van der Waals surface area contributed by atoms with Gasteiger partial charge in [0.1, 0.15) is 12.4 Å². The number of nitro groups is 1. The molecule has 2 aromatic rings. The summed E-state index contributed by atoms with van der Waals surface area (Å²) in [4.78, 5) is 16.4. The van der Waals surface area contributed by atoms with Crippen LogP contribution in [0.2, 0.25) is 0 Å². The van der Waals surface area contributed by atoms with Crippen molar-refractivity contribution in [3.05, 3.63) is 41.2 Å². The van der Waals surface area contributed by atoms with Crippen LogP contribution >= 0.6 is 0 Å². The minimum Gasteiger partial charge on any atom is -0.390 e. The number of β-amino-alcohol motifs (C(OH)–C–C–N with tert-alkyl or cyclic N) is 1. The van der Waals surface area contributed by atoms with Crippen molar-refractivity contribution in [2.75, 3.05) is 19.6 Å². The molecule has 0 bridgehead atoms. The second-order valence-corrected chi connectivity index (χ2v) is 5.87. The summed E-state index contributed by atoms with van der Waals surface area (Å²) < 4.78 is 3.55. The number of hydrogen-bond donors (Lipinski definition) is 1. The molecule has 1 atom stereocenters. The van der Waals surface area contributed by atoms with Gasteiger partial charge in [0.05, 0.1) is 23.9 Å². The van der Waals surface area contributed by atoms with E-state index in [1.807, 2.05) is 12.5 Å². The van der Waals surface area contributed by atoms with Gasteiger partial charge in [0.2, 0.25) is 0 Å². The fourth-order valence-corrected chi connectivity index (χ4v) is 3.00. The van der Waals surface area contributed by atoms with Crippen LogP contribution in [0.3, 0.4) is 0 Å². The fraction of sp³-hybridized carbons (Fsp3) is 0.571. The lowest BCUT2D eigenvalue weighted by Crippen LogP contribution is -2.40. The molecule has 23 heavy (non-hydrogen) atoms. The highest BCUT2D eigenvalue weighted by Gasteiger charge is 2.22. The number of aliphatic hydroxyl groups excluding tert-OH is 1. The third-order valence-corrected chi connectivity index (χ3v) is 4.20. The van der Waals surface area contributed by atoms with Crippen molar-refractivity contribution >= 4 is 5.69 Å². The molecule has 1 unspecified atom stereocenters. The number of nitrogens with zero attached hydrogens (tertiary/aromatic N) is 6. The minimum absolute atomic E-state index is 0.0571. The molecule has 9 heteroatoms. The van der Waals surface area contributed by atoms with Gasteiger partial charge < -0.3 is 14.6 Å². The van der Waals surface area contributed by atoms with E-state index in [0.717, 1.165) is 25.9 Å². The summed E-state index contributed by atoms with van der Waals surface area (Å²) in [7, 11) is 0. The Morgan fingerprint density at radius 2 is 2.17 bits per heavy atom. The van der Waals surface area contributed by atoms with Crippen LogP contribution in [0, 0.1) is 10.1 Å². The number of hydrogen-bond acceptors (Lipinski definition) is 6.